The predicted molar refractivity (Wildman–Crippen MR) is 76.4 cm³/mol. The van der Waals surface area contributed by atoms with Crippen molar-refractivity contribution in [3.8, 4) is 0 Å². The molecule has 19 heavy (non-hydrogen) atoms. The van der Waals surface area contributed by atoms with Gasteiger partial charge >= 0.3 is 0 Å². The van der Waals surface area contributed by atoms with E-state index in [0.29, 0.717) is 18.2 Å². The van der Waals surface area contributed by atoms with Gasteiger partial charge in [-0.15, -0.1) is 0 Å². The molecule has 3 aliphatic heterocycles. The minimum atomic E-state index is 0.470. The number of hydrogen-bond donors (Lipinski definition) is 2. The van der Waals surface area contributed by atoms with Gasteiger partial charge in [0.05, 0.1) is 12.2 Å². The second-order valence-corrected chi connectivity index (χ2v) is 6.08. The van der Waals surface area contributed by atoms with Crippen molar-refractivity contribution in [1.29, 1.82) is 0 Å². The van der Waals surface area contributed by atoms with E-state index < -0.39 is 0 Å². The van der Waals surface area contributed by atoms with E-state index in [1.54, 1.807) is 0 Å². The second-order valence-electron chi connectivity index (χ2n) is 6.08. The van der Waals surface area contributed by atoms with E-state index in [2.05, 4.69) is 28.8 Å². The van der Waals surface area contributed by atoms with Crippen LogP contribution in [-0.2, 0) is 17.7 Å². The minimum Gasteiger partial charge on any atom is -0.385 e. The van der Waals surface area contributed by atoms with E-state index in [0.717, 1.165) is 13.1 Å². The number of rotatable bonds is 3. The lowest BCUT2D eigenvalue weighted by Gasteiger charge is -2.24. The van der Waals surface area contributed by atoms with Gasteiger partial charge in [0, 0.05) is 24.8 Å². The van der Waals surface area contributed by atoms with Crippen LogP contribution in [-0.4, -0.2) is 24.8 Å². The number of ether oxygens (including phenoxy) is 1. The van der Waals surface area contributed by atoms with Crippen molar-refractivity contribution in [3.05, 3.63) is 29.3 Å². The van der Waals surface area contributed by atoms with Gasteiger partial charge in [0.2, 0.25) is 0 Å². The fourth-order valence-electron chi connectivity index (χ4n) is 3.82. The molecular weight excluding hydrogens is 236 g/mol. The monoisotopic (exact) mass is 258 g/mol. The Morgan fingerprint density at radius 3 is 3.16 bits per heavy atom. The highest BCUT2D eigenvalue weighted by Gasteiger charge is 2.40. The molecule has 0 amide bonds. The zero-order valence-electron chi connectivity index (χ0n) is 11.3. The fourth-order valence-corrected chi connectivity index (χ4v) is 3.82. The molecule has 2 bridgehead atoms. The zero-order chi connectivity index (χ0) is 12.7. The van der Waals surface area contributed by atoms with E-state index in [4.69, 9.17) is 4.74 Å². The van der Waals surface area contributed by atoms with Gasteiger partial charge in [-0.05, 0) is 43.2 Å². The standard InChI is InChI=1S/C16H22N2O/c1-3-11-5-2-8-17-16(11)12(4-1)10-18-14-9-13-6-7-15(14)19-13/h1,3-4,13-15,17-18H,2,5-10H2. The van der Waals surface area contributed by atoms with Crippen LogP contribution in [0.5, 0.6) is 0 Å². The highest BCUT2D eigenvalue weighted by Crippen LogP contribution is 2.34. The zero-order valence-corrected chi connectivity index (χ0v) is 11.3. The molecule has 3 nitrogen and oxygen atoms in total. The van der Waals surface area contributed by atoms with Gasteiger partial charge in [-0.1, -0.05) is 18.2 Å². The first-order valence-corrected chi connectivity index (χ1v) is 7.63. The topological polar surface area (TPSA) is 33.3 Å². The van der Waals surface area contributed by atoms with Crippen LogP contribution in [0.15, 0.2) is 18.2 Å². The molecule has 0 aliphatic carbocycles. The molecule has 3 aliphatic rings. The molecular formula is C16H22N2O. The van der Waals surface area contributed by atoms with Crippen LogP contribution in [0.4, 0.5) is 5.69 Å². The number of benzene rings is 1. The molecule has 3 unspecified atom stereocenters. The first-order valence-electron chi connectivity index (χ1n) is 7.63. The van der Waals surface area contributed by atoms with Crippen LogP contribution >= 0.6 is 0 Å². The van der Waals surface area contributed by atoms with E-state index in [-0.39, 0.29) is 0 Å². The maximum absolute atomic E-state index is 5.91. The van der Waals surface area contributed by atoms with Crippen molar-refractivity contribution in [3.63, 3.8) is 0 Å². The number of fused-ring (bicyclic) bond motifs is 3. The van der Waals surface area contributed by atoms with Gasteiger partial charge < -0.3 is 15.4 Å². The van der Waals surface area contributed by atoms with Crippen molar-refractivity contribution in [2.75, 3.05) is 11.9 Å². The maximum Gasteiger partial charge on any atom is 0.0733 e. The van der Waals surface area contributed by atoms with E-state index >= 15 is 0 Å². The Morgan fingerprint density at radius 2 is 2.32 bits per heavy atom. The molecule has 3 heteroatoms. The molecule has 0 radical (unpaired) electrons. The van der Waals surface area contributed by atoms with Crippen LogP contribution in [0.25, 0.3) is 0 Å². The average Bonchev–Trinajstić information content (AvgIpc) is 3.07. The van der Waals surface area contributed by atoms with Gasteiger partial charge in [-0.3, -0.25) is 0 Å². The summed E-state index contributed by atoms with van der Waals surface area (Å²) >= 11 is 0. The average molecular weight is 258 g/mol. The van der Waals surface area contributed by atoms with Crippen molar-refractivity contribution in [1.82, 2.24) is 5.32 Å². The number of anilines is 1. The normalized spacial score (nSPS) is 32.1. The highest BCUT2D eigenvalue weighted by molar-refractivity contribution is 5.59. The van der Waals surface area contributed by atoms with Crippen molar-refractivity contribution < 1.29 is 4.74 Å². The minimum absolute atomic E-state index is 0.470. The third-order valence-electron chi connectivity index (χ3n) is 4.82. The van der Waals surface area contributed by atoms with Gasteiger partial charge in [-0.2, -0.15) is 0 Å². The smallest absolute Gasteiger partial charge is 0.0733 e. The molecule has 1 aromatic carbocycles. The first-order chi connectivity index (χ1) is 9.40. The molecule has 4 rings (SSSR count). The van der Waals surface area contributed by atoms with E-state index in [1.807, 2.05) is 0 Å². The molecule has 102 valence electrons. The largest absolute Gasteiger partial charge is 0.385 e. The summed E-state index contributed by atoms with van der Waals surface area (Å²) in [4.78, 5) is 0. The Balaban J connectivity index is 1.45. The number of hydrogen-bond acceptors (Lipinski definition) is 3. The molecule has 1 aromatic rings. The molecule has 0 aromatic heterocycles. The molecule has 2 N–H and O–H groups in total. The van der Waals surface area contributed by atoms with Crippen LogP contribution in [0.1, 0.15) is 36.8 Å². The third kappa shape index (κ3) is 2.15. The van der Waals surface area contributed by atoms with Gasteiger partial charge in [0.15, 0.2) is 0 Å². The Morgan fingerprint density at radius 1 is 1.32 bits per heavy atom. The fraction of sp³-hybridized carbons (Fsp3) is 0.625. The molecule has 3 atom stereocenters. The summed E-state index contributed by atoms with van der Waals surface area (Å²) in [6, 6.07) is 7.27. The van der Waals surface area contributed by atoms with Crippen molar-refractivity contribution in [2.45, 2.75) is 56.9 Å². The number of aryl methyl sites for hydroxylation is 1. The summed E-state index contributed by atoms with van der Waals surface area (Å²) in [6.07, 6.45) is 7.19. The van der Waals surface area contributed by atoms with Crippen LogP contribution < -0.4 is 10.6 Å². The van der Waals surface area contributed by atoms with Crippen molar-refractivity contribution in [2.24, 2.45) is 0 Å². The summed E-state index contributed by atoms with van der Waals surface area (Å²) in [5, 5.41) is 7.28. The summed E-state index contributed by atoms with van der Waals surface area (Å²) in [7, 11) is 0. The molecule has 3 heterocycles. The lowest BCUT2D eigenvalue weighted by atomic mass is 9.94. The van der Waals surface area contributed by atoms with Crippen LogP contribution in [0.3, 0.4) is 0 Å². The Labute approximate surface area is 114 Å². The van der Waals surface area contributed by atoms with E-state index in [9.17, 15) is 0 Å². The summed E-state index contributed by atoms with van der Waals surface area (Å²) < 4.78 is 5.91. The van der Waals surface area contributed by atoms with E-state index in [1.165, 1.54) is 48.9 Å². The SMILES string of the molecule is c1cc2c(c(CNC3CC4CCC3O4)c1)NCCC2. The third-order valence-corrected chi connectivity index (χ3v) is 4.82. The van der Waals surface area contributed by atoms with Gasteiger partial charge in [-0.25, -0.2) is 0 Å². The molecule has 0 saturated carbocycles. The lowest BCUT2D eigenvalue weighted by molar-refractivity contribution is 0.0973. The lowest BCUT2D eigenvalue weighted by Crippen LogP contribution is -2.37. The summed E-state index contributed by atoms with van der Waals surface area (Å²) in [5.41, 5.74) is 4.28. The highest BCUT2D eigenvalue weighted by atomic mass is 16.5. The molecule has 2 saturated heterocycles. The van der Waals surface area contributed by atoms with Gasteiger partial charge in [0.1, 0.15) is 0 Å². The maximum atomic E-state index is 5.91. The molecule has 2 fully saturated rings. The van der Waals surface area contributed by atoms with Crippen LogP contribution in [0.2, 0.25) is 0 Å². The first kappa shape index (κ1) is 11.7. The number of para-hydroxylation sites is 1. The Hall–Kier alpha value is -1.06. The second kappa shape index (κ2) is 4.80. The Bertz CT molecular complexity index is 474. The van der Waals surface area contributed by atoms with Gasteiger partial charge in [0.25, 0.3) is 0 Å². The van der Waals surface area contributed by atoms with Crippen LogP contribution in [0, 0.1) is 0 Å². The Kier molecular flexibility index (Phi) is 2.97. The summed E-state index contributed by atoms with van der Waals surface area (Å²) in [6.45, 7) is 2.08. The number of nitrogens with one attached hydrogen (secondary N) is 2. The summed E-state index contributed by atoms with van der Waals surface area (Å²) in [5.74, 6) is 0. The quantitative estimate of drug-likeness (QED) is 0.873. The molecule has 0 spiro atoms. The predicted octanol–water partition coefficient (Wildman–Crippen LogP) is 2.45. The van der Waals surface area contributed by atoms with Crippen molar-refractivity contribution >= 4 is 5.69 Å².